The number of nitrogens with two attached hydrogens (primary N) is 1. The molecule has 1 atom stereocenters. The largest absolute Gasteiger partial charge is 0.569 e. The number of hydrogen-bond donors (Lipinski definition) is 3. The molecule has 1 unspecified atom stereocenters. The summed E-state index contributed by atoms with van der Waals surface area (Å²) in [6.45, 7) is 7.24. The van der Waals surface area contributed by atoms with Crippen molar-refractivity contribution in [3.05, 3.63) is 88.6 Å². The zero-order valence-electron chi connectivity index (χ0n) is 25.9. The summed E-state index contributed by atoms with van der Waals surface area (Å²) in [4.78, 5) is 22.8. The molecule has 0 amide bonds. The minimum Gasteiger partial charge on any atom is -0.569 e. The fourth-order valence-electron chi connectivity index (χ4n) is 4.66. The van der Waals surface area contributed by atoms with Gasteiger partial charge in [-0.15, -0.1) is 5.01 Å². The van der Waals surface area contributed by atoms with Crippen LogP contribution in [-0.2, 0) is 16.1 Å². The highest BCUT2D eigenvalue weighted by Crippen LogP contribution is 2.29. The molecule has 0 aliphatic carbocycles. The lowest BCUT2D eigenvalue weighted by Gasteiger charge is -2.15. The smallest absolute Gasteiger partial charge is 0.343 e. The summed E-state index contributed by atoms with van der Waals surface area (Å²) in [6.07, 6.45) is -0.222. The van der Waals surface area contributed by atoms with Crippen LogP contribution in [0.15, 0.2) is 82.2 Å². The van der Waals surface area contributed by atoms with Crippen molar-refractivity contribution in [3.8, 4) is 17.1 Å². The molecule has 15 nitrogen and oxygen atoms in total. The van der Waals surface area contributed by atoms with Crippen molar-refractivity contribution >= 4 is 29.6 Å². The number of hydrogen-bond acceptors (Lipinski definition) is 11. The van der Waals surface area contributed by atoms with Gasteiger partial charge in [-0.2, -0.15) is 15.2 Å². The van der Waals surface area contributed by atoms with Crippen LogP contribution in [0.4, 0.5) is 0 Å². The molecule has 0 fully saturated rings. The highest BCUT2D eigenvalue weighted by Gasteiger charge is 2.21. The first kappa shape index (κ1) is 33.2. The standard InChI is InChI=1S/C31H37N9O6/c1-5-23(41)19-38(4)40(43)37-46-20-45-30(42)26-12-9-13-27-28(26)39(31(34-27)44-6-2)18-21-14-16-22(17-15-21)24-10-7-8-11-25(24)29(35-32)36-33-3/h7-17,23,41H,3,5-6,18-20,32H2,1-2,4H3,(H,35,36)/b40-37-. The minimum absolute atomic E-state index is 0.0613. The number of amidine groups is 1. The van der Waals surface area contributed by atoms with Gasteiger partial charge in [0.2, 0.25) is 5.28 Å². The summed E-state index contributed by atoms with van der Waals surface area (Å²) < 4.78 is 12.9. The van der Waals surface area contributed by atoms with Gasteiger partial charge in [0.05, 0.1) is 47.9 Å². The third kappa shape index (κ3) is 7.87. The molecule has 4 rings (SSSR count). The summed E-state index contributed by atoms with van der Waals surface area (Å²) in [5.41, 5.74) is 7.48. The Morgan fingerprint density at radius 2 is 1.89 bits per heavy atom. The number of nitrogens with zero attached hydrogens (tertiary/aromatic N) is 7. The Hall–Kier alpha value is -5.70. The topological polar surface area (TPSA) is 187 Å². The maximum atomic E-state index is 13.2. The van der Waals surface area contributed by atoms with Gasteiger partial charge in [-0.25, -0.2) is 4.79 Å². The van der Waals surface area contributed by atoms with Crippen molar-refractivity contribution in [3.63, 3.8) is 0 Å². The molecule has 0 saturated carbocycles. The molecule has 242 valence electrons. The average Bonchev–Trinajstić information content (AvgIpc) is 3.42. The summed E-state index contributed by atoms with van der Waals surface area (Å²) in [5.74, 6) is 5.25. The lowest BCUT2D eigenvalue weighted by Crippen LogP contribution is -2.34. The average molecular weight is 632 g/mol. The molecule has 0 aliphatic rings. The van der Waals surface area contributed by atoms with Gasteiger partial charge in [0, 0.05) is 12.3 Å². The van der Waals surface area contributed by atoms with Crippen LogP contribution in [0.2, 0.25) is 0 Å². The van der Waals surface area contributed by atoms with Crippen molar-refractivity contribution < 1.29 is 29.2 Å². The van der Waals surface area contributed by atoms with Crippen LogP contribution in [0.3, 0.4) is 0 Å². The van der Waals surface area contributed by atoms with E-state index in [4.69, 9.17) is 20.2 Å². The number of fused-ring (bicyclic) bond motifs is 1. The van der Waals surface area contributed by atoms with Crippen molar-refractivity contribution in [1.82, 2.24) is 20.0 Å². The van der Waals surface area contributed by atoms with E-state index >= 15 is 0 Å². The van der Waals surface area contributed by atoms with Crippen molar-refractivity contribution in [2.24, 2.45) is 21.3 Å². The van der Waals surface area contributed by atoms with Crippen LogP contribution in [0, 0.1) is 5.21 Å². The highest BCUT2D eigenvalue weighted by molar-refractivity contribution is 6.04. The summed E-state index contributed by atoms with van der Waals surface area (Å²) >= 11 is 0. The number of imidazole rings is 1. The van der Waals surface area contributed by atoms with E-state index < -0.39 is 18.9 Å². The summed E-state index contributed by atoms with van der Waals surface area (Å²) in [6, 6.07) is 20.9. The fourth-order valence-corrected chi connectivity index (χ4v) is 4.66. The Morgan fingerprint density at radius 1 is 1.15 bits per heavy atom. The Morgan fingerprint density at radius 3 is 2.59 bits per heavy atom. The first-order valence-corrected chi connectivity index (χ1v) is 14.5. The number of para-hydroxylation sites is 1. The molecule has 0 saturated heterocycles. The number of ether oxygens (including phenoxy) is 2. The fraction of sp³-hybridized carbons (Fsp3) is 0.290. The number of rotatable bonds is 15. The Labute approximate surface area is 265 Å². The Balaban J connectivity index is 1.56. The number of carbonyl (C=O) groups is 1. The molecular weight excluding hydrogens is 594 g/mol. The second-order valence-corrected chi connectivity index (χ2v) is 9.99. The number of esters is 1. The first-order valence-electron chi connectivity index (χ1n) is 14.5. The van der Waals surface area contributed by atoms with Gasteiger partial charge in [-0.05, 0) is 42.2 Å². The second-order valence-electron chi connectivity index (χ2n) is 9.99. The van der Waals surface area contributed by atoms with Gasteiger partial charge in [0.15, 0.2) is 5.84 Å². The number of benzene rings is 3. The van der Waals surface area contributed by atoms with E-state index in [2.05, 4.69) is 32.6 Å². The van der Waals surface area contributed by atoms with Gasteiger partial charge in [0.25, 0.3) is 12.8 Å². The summed E-state index contributed by atoms with van der Waals surface area (Å²) in [7, 11) is 1.45. The van der Waals surface area contributed by atoms with E-state index in [9.17, 15) is 15.1 Å². The predicted octanol–water partition coefficient (Wildman–Crippen LogP) is 3.60. The molecule has 1 aromatic heterocycles. The first-order chi connectivity index (χ1) is 22.3. The maximum absolute atomic E-state index is 13.2. The second kappa shape index (κ2) is 15.9. The molecule has 0 spiro atoms. The van der Waals surface area contributed by atoms with Crippen molar-refractivity contribution in [2.45, 2.75) is 32.9 Å². The number of nitrogens with one attached hydrogen (secondary N) is 1. The van der Waals surface area contributed by atoms with Crippen LogP contribution < -0.4 is 16.0 Å². The molecule has 46 heavy (non-hydrogen) atoms. The number of carbonyl (C=O) groups excluding carboxylic acids is 1. The van der Waals surface area contributed by atoms with Crippen LogP contribution in [0.25, 0.3) is 22.2 Å². The third-order valence-corrected chi connectivity index (χ3v) is 6.94. The minimum atomic E-state index is -0.704. The molecule has 4 N–H and O–H groups in total. The zero-order valence-corrected chi connectivity index (χ0v) is 25.9. The molecule has 4 aromatic rings. The molecule has 0 radical (unpaired) electrons. The van der Waals surface area contributed by atoms with Crippen molar-refractivity contribution in [1.29, 1.82) is 0 Å². The van der Waals surface area contributed by atoms with Gasteiger partial charge >= 0.3 is 5.97 Å². The van der Waals surface area contributed by atoms with Crippen LogP contribution in [0.1, 0.15) is 41.8 Å². The van der Waals surface area contributed by atoms with Gasteiger partial charge < -0.3 is 30.5 Å². The molecule has 1 heterocycles. The predicted molar refractivity (Wildman–Crippen MR) is 172 cm³/mol. The number of likely N-dealkylation sites (N-methyl/N-ethyl adjacent to an activating group) is 1. The zero-order chi connectivity index (χ0) is 33.1. The van der Waals surface area contributed by atoms with Gasteiger partial charge in [0.1, 0.15) is 6.54 Å². The lowest BCUT2D eigenvalue weighted by atomic mass is 9.98. The lowest BCUT2D eigenvalue weighted by molar-refractivity contribution is -0.707. The molecular formula is C31H37N9O6. The number of hydrazone groups is 2. The molecule has 15 heteroatoms. The van der Waals surface area contributed by atoms with Crippen LogP contribution in [-0.4, -0.2) is 76.3 Å². The SMILES string of the molecule is C=NN/C(=N\N)c1ccccc1-c1ccc(Cn2c(OCC)nc3cccc(C(=O)OCO/N=[N+](\[O-])N(C)CC(O)CC)c32)cc1. The van der Waals surface area contributed by atoms with E-state index in [1.54, 1.807) is 29.7 Å². The molecule has 0 aliphatic heterocycles. The van der Waals surface area contributed by atoms with E-state index in [-0.39, 0.29) is 17.1 Å². The van der Waals surface area contributed by atoms with E-state index in [1.165, 1.54) is 7.05 Å². The van der Waals surface area contributed by atoms with Gasteiger partial charge in [-0.1, -0.05) is 61.5 Å². The number of aromatic nitrogens is 2. The Bertz CT molecular complexity index is 1700. The maximum Gasteiger partial charge on any atom is 0.343 e. The quantitative estimate of drug-likeness (QED) is 0.0201. The van der Waals surface area contributed by atoms with Crippen LogP contribution in [0.5, 0.6) is 6.01 Å². The number of hydrazine groups is 1. The normalized spacial score (nSPS) is 12.4. The number of aliphatic hydroxyl groups excluding tert-OH is 1. The third-order valence-electron chi connectivity index (χ3n) is 6.94. The van der Waals surface area contributed by atoms with E-state index in [1.807, 2.05) is 55.5 Å². The Kier molecular flexibility index (Phi) is 11.4. The van der Waals surface area contributed by atoms with E-state index in [0.717, 1.165) is 27.3 Å². The molecule has 0 bridgehead atoms. The highest BCUT2D eigenvalue weighted by atomic mass is 16.8. The van der Waals surface area contributed by atoms with E-state index in [0.29, 0.717) is 42.5 Å². The van der Waals surface area contributed by atoms with Crippen LogP contribution >= 0.6 is 0 Å². The van der Waals surface area contributed by atoms with Crippen molar-refractivity contribution in [2.75, 3.05) is 27.0 Å². The molecule has 3 aromatic carbocycles. The summed E-state index contributed by atoms with van der Waals surface area (Å²) in [5, 5.41) is 33.7. The van der Waals surface area contributed by atoms with Gasteiger partial charge in [-0.3, -0.25) is 9.99 Å². The number of aliphatic hydroxyl groups is 1. The monoisotopic (exact) mass is 631 g/mol.